The van der Waals surface area contributed by atoms with Crippen LogP contribution in [0.5, 0.6) is 0 Å². The van der Waals surface area contributed by atoms with Crippen molar-refractivity contribution in [3.05, 3.63) is 6.20 Å². The van der Waals surface area contributed by atoms with Gasteiger partial charge in [0.2, 0.25) is 5.91 Å². The first-order valence-corrected chi connectivity index (χ1v) is 3.81. The van der Waals surface area contributed by atoms with E-state index in [0.717, 1.165) is 11.5 Å². The molecule has 3 N–H and O–H groups in total. The Bertz CT molecular complexity index is 233. The highest BCUT2D eigenvalue weighted by Gasteiger charge is 2.07. The monoisotopic (exact) mass is 172 g/mol. The summed E-state index contributed by atoms with van der Waals surface area (Å²) in [5, 5.41) is 6.72. The molecule has 1 amide bonds. The first-order valence-electron chi connectivity index (χ1n) is 3.04. The topological polar surface area (TPSA) is 80.9 Å². The van der Waals surface area contributed by atoms with Crippen molar-refractivity contribution in [3.8, 4) is 0 Å². The first kappa shape index (κ1) is 8.09. The van der Waals surface area contributed by atoms with E-state index in [2.05, 4.69) is 14.9 Å². The fourth-order valence-electron chi connectivity index (χ4n) is 0.457. The molecule has 0 saturated heterocycles. The Morgan fingerprint density at radius 3 is 3.09 bits per heavy atom. The van der Waals surface area contributed by atoms with Crippen LogP contribution in [0.4, 0.5) is 5.00 Å². The second-order valence-electron chi connectivity index (χ2n) is 2.06. The maximum absolute atomic E-state index is 10.9. The highest BCUT2D eigenvalue weighted by atomic mass is 32.1. The zero-order valence-corrected chi connectivity index (χ0v) is 6.76. The average molecular weight is 172 g/mol. The minimum Gasteiger partial charge on any atom is -0.320 e. The zero-order chi connectivity index (χ0) is 8.27. The molecule has 0 spiro atoms. The third-order valence-corrected chi connectivity index (χ3v) is 1.60. The van der Waals surface area contributed by atoms with Crippen LogP contribution in [0.15, 0.2) is 6.20 Å². The van der Waals surface area contributed by atoms with Crippen molar-refractivity contribution < 1.29 is 4.79 Å². The van der Waals surface area contributed by atoms with E-state index < -0.39 is 6.04 Å². The second kappa shape index (κ2) is 3.40. The lowest BCUT2D eigenvalue weighted by Crippen LogP contribution is -2.32. The van der Waals surface area contributed by atoms with Gasteiger partial charge in [-0.15, -0.1) is 5.10 Å². The summed E-state index contributed by atoms with van der Waals surface area (Å²) < 4.78 is 3.57. The molecule has 0 aliphatic carbocycles. The molecule has 1 aromatic heterocycles. The molecule has 1 atom stereocenters. The summed E-state index contributed by atoms with van der Waals surface area (Å²) in [5.74, 6) is -0.226. The summed E-state index contributed by atoms with van der Waals surface area (Å²) in [7, 11) is 0. The fraction of sp³-hybridized carbons (Fsp3) is 0.400. The van der Waals surface area contributed by atoms with Crippen LogP contribution in [-0.2, 0) is 4.79 Å². The van der Waals surface area contributed by atoms with Gasteiger partial charge in [0, 0.05) is 11.5 Å². The van der Waals surface area contributed by atoms with Crippen LogP contribution in [0.3, 0.4) is 0 Å². The lowest BCUT2D eigenvalue weighted by molar-refractivity contribution is -0.117. The summed E-state index contributed by atoms with van der Waals surface area (Å²) in [6.07, 6.45) is 1.48. The summed E-state index contributed by atoms with van der Waals surface area (Å²) >= 11 is 1.12. The lowest BCUT2D eigenvalue weighted by atomic mass is 10.3. The van der Waals surface area contributed by atoms with Crippen LogP contribution >= 0.6 is 11.5 Å². The number of aromatic nitrogens is 2. The molecule has 0 aliphatic heterocycles. The molecule has 0 radical (unpaired) electrons. The normalized spacial score (nSPS) is 12.5. The number of nitrogens with one attached hydrogen (secondary N) is 1. The van der Waals surface area contributed by atoms with Gasteiger partial charge in [-0.1, -0.05) is 4.49 Å². The highest BCUT2D eigenvalue weighted by Crippen LogP contribution is 2.08. The van der Waals surface area contributed by atoms with Crippen molar-refractivity contribution in [2.75, 3.05) is 5.32 Å². The smallest absolute Gasteiger partial charge is 0.241 e. The Balaban J connectivity index is 2.50. The van der Waals surface area contributed by atoms with E-state index in [0.29, 0.717) is 5.00 Å². The molecule has 0 aromatic carbocycles. The number of amides is 1. The standard InChI is InChI=1S/C5H8N4OS/c1-3(6)5(10)8-4-2-7-9-11-4/h2-3H,6H2,1H3,(H,8,10). The van der Waals surface area contributed by atoms with Gasteiger partial charge in [-0.3, -0.25) is 4.79 Å². The van der Waals surface area contributed by atoms with Gasteiger partial charge in [0.1, 0.15) is 5.00 Å². The minimum atomic E-state index is -0.503. The number of nitrogens with two attached hydrogens (primary N) is 1. The highest BCUT2D eigenvalue weighted by molar-refractivity contribution is 7.10. The van der Waals surface area contributed by atoms with Crippen molar-refractivity contribution in [3.63, 3.8) is 0 Å². The van der Waals surface area contributed by atoms with E-state index in [-0.39, 0.29) is 5.91 Å². The van der Waals surface area contributed by atoms with Crippen molar-refractivity contribution in [2.24, 2.45) is 5.73 Å². The van der Waals surface area contributed by atoms with E-state index in [1.54, 1.807) is 6.92 Å². The van der Waals surface area contributed by atoms with Crippen LogP contribution in [0.25, 0.3) is 0 Å². The van der Waals surface area contributed by atoms with Crippen LogP contribution < -0.4 is 11.1 Å². The Morgan fingerprint density at radius 1 is 1.91 bits per heavy atom. The summed E-state index contributed by atoms with van der Waals surface area (Å²) in [6.45, 7) is 1.61. The number of rotatable bonds is 2. The van der Waals surface area contributed by atoms with Crippen LogP contribution in [-0.4, -0.2) is 21.5 Å². The molecular formula is C5H8N4OS. The molecule has 5 nitrogen and oxygen atoms in total. The Hall–Kier alpha value is -1.01. The molecule has 1 unspecified atom stereocenters. The summed E-state index contributed by atoms with van der Waals surface area (Å²) in [6, 6.07) is -0.503. The molecule has 0 saturated carbocycles. The van der Waals surface area contributed by atoms with Gasteiger partial charge in [0.25, 0.3) is 0 Å². The van der Waals surface area contributed by atoms with Crippen molar-refractivity contribution in [2.45, 2.75) is 13.0 Å². The number of carbonyl (C=O) groups is 1. The fourth-order valence-corrected chi connectivity index (χ4v) is 0.880. The lowest BCUT2D eigenvalue weighted by Gasteiger charge is -2.02. The predicted molar refractivity (Wildman–Crippen MR) is 42.2 cm³/mol. The number of hydrogen-bond donors (Lipinski definition) is 2. The third-order valence-electron chi connectivity index (χ3n) is 1.02. The van der Waals surface area contributed by atoms with E-state index in [1.165, 1.54) is 6.20 Å². The largest absolute Gasteiger partial charge is 0.320 e. The number of nitrogens with zero attached hydrogens (tertiary/aromatic N) is 2. The Labute approximate surface area is 67.8 Å². The van der Waals surface area contributed by atoms with Gasteiger partial charge in [-0.05, 0) is 6.92 Å². The maximum Gasteiger partial charge on any atom is 0.241 e. The van der Waals surface area contributed by atoms with Gasteiger partial charge >= 0.3 is 0 Å². The van der Waals surface area contributed by atoms with Gasteiger partial charge in [0.15, 0.2) is 0 Å². The SMILES string of the molecule is CC(N)C(=O)Nc1cnns1. The molecular weight excluding hydrogens is 164 g/mol. The number of hydrogen-bond acceptors (Lipinski definition) is 5. The molecule has 0 bridgehead atoms. The maximum atomic E-state index is 10.9. The molecule has 0 aliphatic rings. The summed E-state index contributed by atoms with van der Waals surface area (Å²) in [4.78, 5) is 10.9. The molecule has 60 valence electrons. The third kappa shape index (κ3) is 2.24. The molecule has 1 rings (SSSR count). The Kier molecular flexibility index (Phi) is 2.50. The van der Waals surface area contributed by atoms with Crippen LogP contribution in [0, 0.1) is 0 Å². The average Bonchev–Trinajstić information content (AvgIpc) is 2.39. The van der Waals surface area contributed by atoms with E-state index in [4.69, 9.17) is 5.73 Å². The van der Waals surface area contributed by atoms with Crippen molar-refractivity contribution in [1.82, 2.24) is 9.59 Å². The molecule has 11 heavy (non-hydrogen) atoms. The van der Waals surface area contributed by atoms with Crippen LogP contribution in [0.2, 0.25) is 0 Å². The van der Waals surface area contributed by atoms with E-state index in [9.17, 15) is 4.79 Å². The quantitative estimate of drug-likeness (QED) is 0.648. The van der Waals surface area contributed by atoms with Gasteiger partial charge in [-0.25, -0.2) is 0 Å². The number of anilines is 1. The molecule has 1 aromatic rings. The predicted octanol–water partition coefficient (Wildman–Crippen LogP) is -0.176. The Morgan fingerprint density at radius 2 is 2.64 bits per heavy atom. The summed E-state index contributed by atoms with van der Waals surface area (Å²) in [5.41, 5.74) is 5.30. The van der Waals surface area contributed by atoms with E-state index in [1.807, 2.05) is 0 Å². The first-order chi connectivity index (χ1) is 5.20. The number of carbonyl (C=O) groups excluding carboxylic acids is 1. The van der Waals surface area contributed by atoms with Crippen molar-refractivity contribution >= 4 is 22.4 Å². The molecule has 6 heteroatoms. The van der Waals surface area contributed by atoms with Gasteiger partial charge < -0.3 is 11.1 Å². The minimum absolute atomic E-state index is 0.226. The van der Waals surface area contributed by atoms with Gasteiger partial charge in [0.05, 0.1) is 12.2 Å². The zero-order valence-electron chi connectivity index (χ0n) is 5.94. The molecule has 1 heterocycles. The van der Waals surface area contributed by atoms with Crippen LogP contribution in [0.1, 0.15) is 6.92 Å². The second-order valence-corrected chi connectivity index (χ2v) is 2.85. The van der Waals surface area contributed by atoms with Crippen molar-refractivity contribution in [1.29, 1.82) is 0 Å². The van der Waals surface area contributed by atoms with Gasteiger partial charge in [-0.2, -0.15) is 0 Å². The molecule has 0 fully saturated rings. The van der Waals surface area contributed by atoms with E-state index >= 15 is 0 Å².